The number of carbonyl (C=O) groups excluding carboxylic acids is 1. The summed E-state index contributed by atoms with van der Waals surface area (Å²) in [5.74, 6) is -0.389. The number of ether oxygens (including phenoxy) is 1. The van der Waals surface area contributed by atoms with Gasteiger partial charge in [0.15, 0.2) is 5.70 Å². The fourth-order valence-corrected chi connectivity index (χ4v) is 2.48. The van der Waals surface area contributed by atoms with Crippen molar-refractivity contribution in [3.05, 3.63) is 99.3 Å². The normalized spacial score (nSPS) is 15.9. The van der Waals surface area contributed by atoms with Gasteiger partial charge in [0.1, 0.15) is 0 Å². The van der Waals surface area contributed by atoms with Gasteiger partial charge in [-0.3, -0.25) is 10.1 Å². The number of esters is 1. The van der Waals surface area contributed by atoms with Crippen LogP contribution in [0.4, 0.5) is 5.69 Å². The van der Waals surface area contributed by atoms with Crippen molar-refractivity contribution in [2.45, 2.75) is 6.92 Å². The standard InChI is InChI=1S/C21H16N2O4/c1-15(12-16-6-3-2-4-7-16)13-19-21(24)27-20(22-19)11-10-17-8-5-9-18(14-17)23(25)26/h2-14H,1H3/b11-10+,15-12+,19-13-. The van der Waals surface area contributed by atoms with Crippen molar-refractivity contribution in [1.29, 1.82) is 0 Å². The molecule has 1 heterocycles. The van der Waals surface area contributed by atoms with E-state index in [1.807, 2.05) is 43.3 Å². The smallest absolute Gasteiger partial charge is 0.363 e. The summed E-state index contributed by atoms with van der Waals surface area (Å²) in [6.45, 7) is 1.87. The molecule has 0 saturated carbocycles. The Bertz CT molecular complexity index is 1000. The highest BCUT2D eigenvalue weighted by Gasteiger charge is 2.21. The Morgan fingerprint density at radius 1 is 1.07 bits per heavy atom. The van der Waals surface area contributed by atoms with E-state index in [1.165, 1.54) is 18.2 Å². The number of hydrogen-bond donors (Lipinski definition) is 0. The van der Waals surface area contributed by atoms with Crippen LogP contribution < -0.4 is 0 Å². The molecule has 0 bridgehead atoms. The maximum Gasteiger partial charge on any atom is 0.363 e. The maximum atomic E-state index is 12.0. The second-order valence-electron chi connectivity index (χ2n) is 5.85. The van der Waals surface area contributed by atoms with Gasteiger partial charge >= 0.3 is 5.97 Å². The molecule has 0 spiro atoms. The summed E-state index contributed by atoms with van der Waals surface area (Å²) in [5.41, 5.74) is 2.69. The lowest BCUT2D eigenvalue weighted by atomic mass is 10.1. The zero-order valence-corrected chi connectivity index (χ0v) is 14.5. The lowest BCUT2D eigenvalue weighted by Crippen LogP contribution is -2.01. The predicted octanol–water partition coefficient (Wildman–Crippen LogP) is 4.55. The number of hydrogen-bond acceptors (Lipinski definition) is 5. The van der Waals surface area contributed by atoms with E-state index in [-0.39, 0.29) is 17.3 Å². The number of rotatable bonds is 5. The number of benzene rings is 2. The second kappa shape index (κ2) is 8.05. The molecule has 0 aliphatic carbocycles. The summed E-state index contributed by atoms with van der Waals surface area (Å²) >= 11 is 0. The molecule has 0 atom stereocenters. The number of nitro benzene ring substituents is 1. The fraction of sp³-hybridized carbons (Fsp3) is 0.0476. The molecule has 0 saturated heterocycles. The molecule has 2 aromatic carbocycles. The van der Waals surface area contributed by atoms with Gasteiger partial charge in [0.05, 0.1) is 4.92 Å². The van der Waals surface area contributed by atoms with Crippen LogP contribution >= 0.6 is 0 Å². The fourth-order valence-electron chi connectivity index (χ4n) is 2.48. The summed E-state index contributed by atoms with van der Waals surface area (Å²) in [5, 5.41) is 10.8. The van der Waals surface area contributed by atoms with Gasteiger partial charge in [0.2, 0.25) is 5.90 Å². The molecule has 0 amide bonds. The molecule has 6 nitrogen and oxygen atoms in total. The molecule has 3 rings (SSSR count). The van der Waals surface area contributed by atoms with Crippen LogP contribution in [0.5, 0.6) is 0 Å². The summed E-state index contributed by atoms with van der Waals surface area (Å²) < 4.78 is 5.12. The number of aliphatic imine (C=N–C) groups is 1. The Morgan fingerprint density at radius 2 is 1.81 bits per heavy atom. The first-order valence-electron chi connectivity index (χ1n) is 8.20. The van der Waals surface area contributed by atoms with Crippen LogP contribution in [-0.4, -0.2) is 16.8 Å². The zero-order chi connectivity index (χ0) is 19.2. The minimum atomic E-state index is -0.533. The van der Waals surface area contributed by atoms with Crippen molar-refractivity contribution in [2.75, 3.05) is 0 Å². The molecule has 134 valence electrons. The van der Waals surface area contributed by atoms with Crippen molar-refractivity contribution < 1.29 is 14.5 Å². The molecule has 27 heavy (non-hydrogen) atoms. The summed E-state index contributed by atoms with van der Waals surface area (Å²) in [4.78, 5) is 26.5. The molecular weight excluding hydrogens is 344 g/mol. The van der Waals surface area contributed by atoms with E-state index in [2.05, 4.69) is 4.99 Å². The lowest BCUT2D eigenvalue weighted by Gasteiger charge is -1.95. The number of cyclic esters (lactones) is 1. The van der Waals surface area contributed by atoms with Crippen LogP contribution in [0.1, 0.15) is 18.1 Å². The van der Waals surface area contributed by atoms with E-state index >= 15 is 0 Å². The van der Waals surface area contributed by atoms with E-state index in [0.717, 1.165) is 11.1 Å². The first kappa shape index (κ1) is 18.0. The Labute approximate surface area is 156 Å². The van der Waals surface area contributed by atoms with E-state index in [0.29, 0.717) is 5.56 Å². The van der Waals surface area contributed by atoms with Crippen LogP contribution in [0.25, 0.3) is 12.2 Å². The van der Waals surface area contributed by atoms with Gasteiger partial charge in [-0.1, -0.05) is 48.5 Å². The van der Waals surface area contributed by atoms with E-state index in [1.54, 1.807) is 24.3 Å². The summed E-state index contributed by atoms with van der Waals surface area (Å²) in [7, 11) is 0. The highest BCUT2D eigenvalue weighted by atomic mass is 16.6. The average molecular weight is 360 g/mol. The largest absolute Gasteiger partial charge is 0.403 e. The Balaban J connectivity index is 1.77. The molecule has 0 radical (unpaired) electrons. The van der Waals surface area contributed by atoms with E-state index < -0.39 is 10.9 Å². The third-order valence-corrected chi connectivity index (χ3v) is 3.69. The van der Waals surface area contributed by atoms with Crippen LogP contribution in [-0.2, 0) is 9.53 Å². The zero-order valence-electron chi connectivity index (χ0n) is 14.5. The molecule has 1 aliphatic rings. The third-order valence-electron chi connectivity index (χ3n) is 3.69. The topological polar surface area (TPSA) is 81.8 Å². The van der Waals surface area contributed by atoms with Crippen molar-refractivity contribution in [1.82, 2.24) is 0 Å². The van der Waals surface area contributed by atoms with Gasteiger partial charge in [-0.05, 0) is 35.8 Å². The first-order valence-corrected chi connectivity index (χ1v) is 8.20. The van der Waals surface area contributed by atoms with Crippen molar-refractivity contribution >= 4 is 29.7 Å². The van der Waals surface area contributed by atoms with Crippen LogP contribution in [0.3, 0.4) is 0 Å². The van der Waals surface area contributed by atoms with Gasteiger partial charge < -0.3 is 4.74 Å². The monoisotopic (exact) mass is 360 g/mol. The van der Waals surface area contributed by atoms with Crippen LogP contribution in [0.2, 0.25) is 0 Å². The summed E-state index contributed by atoms with van der Waals surface area (Å²) in [6, 6.07) is 15.9. The van der Waals surface area contributed by atoms with Gasteiger partial charge in [-0.25, -0.2) is 9.79 Å². The van der Waals surface area contributed by atoms with Crippen molar-refractivity contribution in [3.8, 4) is 0 Å². The van der Waals surface area contributed by atoms with Gasteiger partial charge in [0.25, 0.3) is 5.69 Å². The molecule has 1 aliphatic heterocycles. The number of nitro groups is 1. The lowest BCUT2D eigenvalue weighted by molar-refractivity contribution is -0.384. The number of allylic oxidation sites excluding steroid dienone is 2. The van der Waals surface area contributed by atoms with Crippen molar-refractivity contribution in [3.63, 3.8) is 0 Å². The molecule has 2 aromatic rings. The minimum absolute atomic E-state index is 0.00948. The second-order valence-corrected chi connectivity index (χ2v) is 5.85. The summed E-state index contributed by atoms with van der Waals surface area (Å²) in [6.07, 6.45) is 6.71. The first-order chi connectivity index (χ1) is 13.0. The molecule has 6 heteroatoms. The molecule has 0 N–H and O–H groups in total. The maximum absolute atomic E-state index is 12.0. The SMILES string of the molecule is CC(/C=C1N=C(/C=C/c2cccc([N+](=O)[O-])c2)OC\1=O)=C\c1ccccc1. The van der Waals surface area contributed by atoms with Crippen LogP contribution in [0.15, 0.2) is 83.0 Å². The van der Waals surface area contributed by atoms with Gasteiger partial charge in [0, 0.05) is 18.2 Å². The van der Waals surface area contributed by atoms with Crippen molar-refractivity contribution in [2.24, 2.45) is 4.99 Å². The quantitative estimate of drug-likeness (QED) is 0.339. The van der Waals surface area contributed by atoms with Gasteiger partial charge in [-0.2, -0.15) is 0 Å². The van der Waals surface area contributed by atoms with Crippen LogP contribution in [0, 0.1) is 10.1 Å². The average Bonchev–Trinajstić information content (AvgIpc) is 3.00. The number of non-ortho nitro benzene ring substituents is 1. The highest BCUT2D eigenvalue weighted by Crippen LogP contribution is 2.18. The molecule has 0 fully saturated rings. The minimum Gasteiger partial charge on any atom is -0.403 e. The van der Waals surface area contributed by atoms with E-state index in [4.69, 9.17) is 4.74 Å². The Hall–Kier alpha value is -3.80. The third kappa shape index (κ3) is 4.85. The molecule has 0 unspecified atom stereocenters. The van der Waals surface area contributed by atoms with Gasteiger partial charge in [-0.15, -0.1) is 0 Å². The molecular formula is C21H16N2O4. The number of carbonyl (C=O) groups is 1. The van der Waals surface area contributed by atoms with E-state index in [9.17, 15) is 14.9 Å². The predicted molar refractivity (Wildman–Crippen MR) is 104 cm³/mol. The highest BCUT2D eigenvalue weighted by molar-refractivity contribution is 6.10. The Kier molecular flexibility index (Phi) is 5.37. The number of nitrogens with zero attached hydrogens (tertiary/aromatic N) is 2. The molecule has 0 aromatic heterocycles. The Morgan fingerprint density at radius 3 is 2.56 bits per heavy atom.